The SMILES string of the molecule is CCCOc1c(OC)cc(/C=C/c2ccc(/C=C/C3=CC(OC)C(OC(C)C)C(OC)=C3)cc2)cc1OC. The number of methoxy groups -OCH3 is 4. The molecule has 0 amide bonds. The Morgan fingerprint density at radius 3 is 1.87 bits per heavy atom. The van der Waals surface area contributed by atoms with E-state index in [1.165, 1.54) is 0 Å². The lowest BCUT2D eigenvalue weighted by Crippen LogP contribution is -2.36. The predicted molar refractivity (Wildman–Crippen MR) is 154 cm³/mol. The van der Waals surface area contributed by atoms with Crippen LogP contribution in [0.5, 0.6) is 17.2 Å². The van der Waals surface area contributed by atoms with Crippen LogP contribution in [0.25, 0.3) is 18.2 Å². The molecule has 0 spiro atoms. The zero-order valence-electron chi connectivity index (χ0n) is 23.5. The quantitative estimate of drug-likeness (QED) is 0.266. The predicted octanol–water partition coefficient (Wildman–Crippen LogP) is 6.96. The second-order valence-corrected chi connectivity index (χ2v) is 9.16. The summed E-state index contributed by atoms with van der Waals surface area (Å²) in [6.07, 6.45) is 12.8. The molecule has 0 N–H and O–H groups in total. The van der Waals surface area contributed by atoms with E-state index in [1.54, 1.807) is 28.4 Å². The fourth-order valence-corrected chi connectivity index (χ4v) is 4.09. The van der Waals surface area contributed by atoms with E-state index in [9.17, 15) is 0 Å². The van der Waals surface area contributed by atoms with Gasteiger partial charge in [0.1, 0.15) is 18.0 Å². The van der Waals surface area contributed by atoms with Crippen LogP contribution in [0.15, 0.2) is 66.0 Å². The van der Waals surface area contributed by atoms with Crippen molar-refractivity contribution in [1.29, 1.82) is 0 Å². The van der Waals surface area contributed by atoms with Gasteiger partial charge in [0, 0.05) is 7.11 Å². The third-order valence-electron chi connectivity index (χ3n) is 5.98. The minimum absolute atomic E-state index is 0.0671. The summed E-state index contributed by atoms with van der Waals surface area (Å²) >= 11 is 0. The van der Waals surface area contributed by atoms with E-state index in [1.807, 2.05) is 38.1 Å². The lowest BCUT2D eigenvalue weighted by atomic mass is 9.98. The zero-order chi connectivity index (χ0) is 27.5. The highest BCUT2D eigenvalue weighted by atomic mass is 16.6. The number of allylic oxidation sites excluding steroid dienone is 3. The van der Waals surface area contributed by atoms with Crippen molar-refractivity contribution in [3.8, 4) is 17.2 Å². The van der Waals surface area contributed by atoms with Gasteiger partial charge < -0.3 is 28.4 Å². The third-order valence-corrected chi connectivity index (χ3v) is 5.98. The molecule has 2 atom stereocenters. The number of ether oxygens (including phenoxy) is 6. The number of hydrogen-bond acceptors (Lipinski definition) is 6. The molecule has 2 aromatic carbocycles. The summed E-state index contributed by atoms with van der Waals surface area (Å²) in [5, 5.41) is 0. The van der Waals surface area contributed by atoms with Crippen LogP contribution in [-0.2, 0) is 14.2 Å². The van der Waals surface area contributed by atoms with Crippen molar-refractivity contribution < 1.29 is 28.4 Å². The summed E-state index contributed by atoms with van der Waals surface area (Å²) in [4.78, 5) is 0. The summed E-state index contributed by atoms with van der Waals surface area (Å²) in [5.41, 5.74) is 4.14. The maximum absolute atomic E-state index is 6.01. The summed E-state index contributed by atoms with van der Waals surface area (Å²) in [5.74, 6) is 2.69. The molecular weight excluding hydrogens is 480 g/mol. The Labute approximate surface area is 227 Å². The van der Waals surface area contributed by atoms with Gasteiger partial charge in [-0.3, -0.25) is 0 Å². The molecule has 0 radical (unpaired) electrons. The highest BCUT2D eigenvalue weighted by Crippen LogP contribution is 2.39. The molecule has 0 saturated carbocycles. The first kappa shape index (κ1) is 29.1. The highest BCUT2D eigenvalue weighted by molar-refractivity contribution is 5.73. The first-order valence-corrected chi connectivity index (χ1v) is 12.9. The Morgan fingerprint density at radius 1 is 0.789 bits per heavy atom. The van der Waals surface area contributed by atoms with Crippen molar-refractivity contribution in [2.75, 3.05) is 35.0 Å². The van der Waals surface area contributed by atoms with E-state index >= 15 is 0 Å². The molecule has 1 aliphatic carbocycles. The van der Waals surface area contributed by atoms with Crippen LogP contribution in [0.4, 0.5) is 0 Å². The molecule has 0 heterocycles. The van der Waals surface area contributed by atoms with Crippen molar-refractivity contribution in [1.82, 2.24) is 0 Å². The second kappa shape index (κ2) is 14.5. The van der Waals surface area contributed by atoms with Gasteiger partial charge in [0.15, 0.2) is 11.5 Å². The monoisotopic (exact) mass is 520 g/mol. The van der Waals surface area contributed by atoms with E-state index in [0.717, 1.165) is 34.4 Å². The van der Waals surface area contributed by atoms with Gasteiger partial charge in [0.2, 0.25) is 5.75 Å². The lowest BCUT2D eigenvalue weighted by Gasteiger charge is -2.30. The van der Waals surface area contributed by atoms with Gasteiger partial charge in [-0.1, -0.05) is 55.5 Å². The zero-order valence-corrected chi connectivity index (χ0v) is 23.5. The smallest absolute Gasteiger partial charge is 0.203 e. The van der Waals surface area contributed by atoms with E-state index in [2.05, 4.69) is 55.5 Å². The normalized spacial score (nSPS) is 17.6. The molecule has 0 bridgehead atoms. The standard InChI is InChI=1S/C32H40O6/c1-8-17-37-31-27(33-4)18-25(19-28(31)34-5)15-13-23-9-11-24(12-10-23)14-16-26-20-29(35-6)32(38-22(2)3)30(21-26)36-7/h9-16,18-22,29,32H,8,17H2,1-7H3/b15-13+,16-14+. The van der Waals surface area contributed by atoms with Crippen molar-refractivity contribution >= 4 is 18.2 Å². The van der Waals surface area contributed by atoms with Gasteiger partial charge >= 0.3 is 0 Å². The molecule has 0 aliphatic heterocycles. The van der Waals surface area contributed by atoms with Crippen LogP contribution in [0.2, 0.25) is 0 Å². The molecule has 0 saturated heterocycles. The Balaban J connectivity index is 1.72. The van der Waals surface area contributed by atoms with Gasteiger partial charge in [-0.15, -0.1) is 0 Å². The third kappa shape index (κ3) is 7.76. The van der Waals surface area contributed by atoms with Gasteiger partial charge in [-0.25, -0.2) is 0 Å². The average molecular weight is 521 g/mol. The average Bonchev–Trinajstić information content (AvgIpc) is 2.94. The molecule has 6 heteroatoms. The largest absolute Gasteiger partial charge is 0.498 e. The Hall–Kier alpha value is -3.48. The van der Waals surface area contributed by atoms with E-state index < -0.39 is 0 Å². The molecule has 2 unspecified atom stereocenters. The van der Waals surface area contributed by atoms with Gasteiger partial charge in [-0.05, 0) is 66.8 Å². The number of benzene rings is 2. The summed E-state index contributed by atoms with van der Waals surface area (Å²) in [7, 11) is 6.62. The van der Waals surface area contributed by atoms with Gasteiger partial charge in [0.05, 0.1) is 34.0 Å². The van der Waals surface area contributed by atoms with Crippen LogP contribution in [0.1, 0.15) is 43.9 Å². The molecule has 1 aliphatic rings. The van der Waals surface area contributed by atoms with Crippen molar-refractivity contribution in [3.05, 3.63) is 82.6 Å². The van der Waals surface area contributed by atoms with Crippen LogP contribution in [0, 0.1) is 0 Å². The lowest BCUT2D eigenvalue weighted by molar-refractivity contribution is -0.0652. The Morgan fingerprint density at radius 2 is 1.37 bits per heavy atom. The van der Waals surface area contributed by atoms with Crippen molar-refractivity contribution in [2.24, 2.45) is 0 Å². The van der Waals surface area contributed by atoms with E-state index in [4.69, 9.17) is 28.4 Å². The second-order valence-electron chi connectivity index (χ2n) is 9.16. The topological polar surface area (TPSA) is 55.4 Å². The van der Waals surface area contributed by atoms with Crippen LogP contribution < -0.4 is 14.2 Å². The fraction of sp³-hybridized carbons (Fsp3) is 0.375. The molecule has 0 fully saturated rings. The molecule has 0 aromatic heterocycles. The first-order valence-electron chi connectivity index (χ1n) is 12.9. The van der Waals surface area contributed by atoms with Crippen molar-refractivity contribution in [2.45, 2.75) is 45.5 Å². The van der Waals surface area contributed by atoms with Crippen LogP contribution >= 0.6 is 0 Å². The molecule has 3 rings (SSSR count). The first-order chi connectivity index (χ1) is 18.4. The Bertz CT molecular complexity index is 1130. The molecule has 2 aromatic rings. The fourth-order valence-electron chi connectivity index (χ4n) is 4.09. The maximum Gasteiger partial charge on any atom is 0.203 e. The minimum Gasteiger partial charge on any atom is -0.498 e. The molecular formula is C32H40O6. The van der Waals surface area contributed by atoms with Crippen LogP contribution in [-0.4, -0.2) is 53.4 Å². The number of rotatable bonds is 13. The molecule has 38 heavy (non-hydrogen) atoms. The molecule has 6 nitrogen and oxygen atoms in total. The number of hydrogen-bond donors (Lipinski definition) is 0. The highest BCUT2D eigenvalue weighted by Gasteiger charge is 2.29. The van der Waals surface area contributed by atoms with E-state index in [0.29, 0.717) is 23.9 Å². The Kier molecular flexibility index (Phi) is 11.1. The van der Waals surface area contributed by atoms with Crippen molar-refractivity contribution in [3.63, 3.8) is 0 Å². The molecule has 204 valence electrons. The van der Waals surface area contributed by atoms with Gasteiger partial charge in [-0.2, -0.15) is 0 Å². The summed E-state index contributed by atoms with van der Waals surface area (Å²) in [6.45, 7) is 6.67. The van der Waals surface area contributed by atoms with Gasteiger partial charge in [0.25, 0.3) is 0 Å². The summed E-state index contributed by atoms with van der Waals surface area (Å²) < 4.78 is 34.2. The minimum atomic E-state index is -0.256. The van der Waals surface area contributed by atoms with Crippen LogP contribution in [0.3, 0.4) is 0 Å². The van der Waals surface area contributed by atoms with E-state index in [-0.39, 0.29) is 18.3 Å². The summed E-state index contributed by atoms with van der Waals surface area (Å²) in [6, 6.07) is 12.2. The maximum atomic E-state index is 6.01.